The van der Waals surface area contributed by atoms with Crippen LogP contribution in [-0.2, 0) is 9.47 Å². The number of nitrogens with zero attached hydrogens (tertiary/aromatic N) is 1. The zero-order valence-electron chi connectivity index (χ0n) is 13.0. The molecule has 1 aliphatic heterocycles. The number of hydrogen-bond donors (Lipinski definition) is 1. The molecule has 0 amide bonds. The van der Waals surface area contributed by atoms with Crippen LogP contribution in [-0.4, -0.2) is 64.6 Å². The Morgan fingerprint density at radius 2 is 2.00 bits per heavy atom. The Bertz CT molecular complexity index is 414. The Morgan fingerprint density at radius 3 is 2.81 bits per heavy atom. The number of anilines is 1. The molecule has 0 radical (unpaired) electrons. The van der Waals surface area contributed by atoms with Gasteiger partial charge in [0, 0.05) is 40.5 Å². The Kier molecular flexibility index (Phi) is 6.79. The van der Waals surface area contributed by atoms with Gasteiger partial charge in [0.2, 0.25) is 0 Å². The van der Waals surface area contributed by atoms with E-state index in [1.54, 1.807) is 14.2 Å². The van der Waals surface area contributed by atoms with E-state index in [1.807, 2.05) is 24.3 Å². The van der Waals surface area contributed by atoms with Crippen molar-refractivity contribution >= 4 is 5.69 Å². The van der Waals surface area contributed by atoms with Crippen LogP contribution in [0, 0.1) is 0 Å². The first-order valence-corrected chi connectivity index (χ1v) is 7.53. The first-order valence-electron chi connectivity index (χ1n) is 7.53. The molecule has 1 atom stereocenters. The molecule has 5 nitrogen and oxygen atoms in total. The van der Waals surface area contributed by atoms with Crippen molar-refractivity contribution in [2.75, 3.05) is 58.9 Å². The fraction of sp³-hybridized carbons (Fsp3) is 0.625. The van der Waals surface area contributed by atoms with E-state index in [0.717, 1.165) is 57.3 Å². The Labute approximate surface area is 127 Å². The Hall–Kier alpha value is -1.30. The third-order valence-electron chi connectivity index (χ3n) is 3.60. The van der Waals surface area contributed by atoms with Crippen molar-refractivity contribution in [2.24, 2.45) is 0 Å². The van der Waals surface area contributed by atoms with Gasteiger partial charge in [0.25, 0.3) is 0 Å². The van der Waals surface area contributed by atoms with E-state index >= 15 is 0 Å². The van der Waals surface area contributed by atoms with Crippen LogP contribution in [0.5, 0.6) is 5.75 Å². The van der Waals surface area contributed by atoms with Gasteiger partial charge >= 0.3 is 0 Å². The lowest BCUT2D eigenvalue weighted by atomic mass is 10.2. The standard InChI is InChI=1S/C16H26N2O3/c1-19-10-5-8-18(9-11-20-2)13-14-12-17-15-6-3-4-7-16(15)21-14/h3-4,6-7,14,17H,5,8-13H2,1-2H3. The number of para-hydroxylation sites is 2. The van der Waals surface area contributed by atoms with Gasteiger partial charge in [-0.05, 0) is 18.6 Å². The van der Waals surface area contributed by atoms with Crippen molar-refractivity contribution < 1.29 is 14.2 Å². The maximum atomic E-state index is 6.07. The van der Waals surface area contributed by atoms with Crippen molar-refractivity contribution in [3.05, 3.63) is 24.3 Å². The van der Waals surface area contributed by atoms with Crippen LogP contribution in [0.3, 0.4) is 0 Å². The minimum Gasteiger partial charge on any atom is -0.485 e. The van der Waals surface area contributed by atoms with E-state index in [4.69, 9.17) is 14.2 Å². The lowest BCUT2D eigenvalue weighted by Crippen LogP contribution is -2.43. The summed E-state index contributed by atoms with van der Waals surface area (Å²) >= 11 is 0. The summed E-state index contributed by atoms with van der Waals surface area (Å²) in [5.41, 5.74) is 1.08. The summed E-state index contributed by atoms with van der Waals surface area (Å²) in [5, 5.41) is 3.43. The number of nitrogens with one attached hydrogen (secondary N) is 1. The summed E-state index contributed by atoms with van der Waals surface area (Å²) in [6.07, 6.45) is 1.19. The fourth-order valence-electron chi connectivity index (χ4n) is 2.50. The molecule has 1 unspecified atom stereocenters. The van der Waals surface area contributed by atoms with Gasteiger partial charge in [0.1, 0.15) is 11.9 Å². The molecule has 0 saturated carbocycles. The average Bonchev–Trinajstić information content (AvgIpc) is 2.52. The summed E-state index contributed by atoms with van der Waals surface area (Å²) in [4.78, 5) is 2.38. The maximum absolute atomic E-state index is 6.07. The molecule has 0 fully saturated rings. The average molecular weight is 294 g/mol. The predicted octanol–water partition coefficient (Wildman–Crippen LogP) is 1.84. The first-order chi connectivity index (χ1) is 10.3. The van der Waals surface area contributed by atoms with Crippen LogP contribution in [0.4, 0.5) is 5.69 Å². The molecule has 1 aromatic carbocycles. The molecule has 0 bridgehead atoms. The molecule has 21 heavy (non-hydrogen) atoms. The molecule has 1 heterocycles. The summed E-state index contributed by atoms with van der Waals surface area (Å²) in [7, 11) is 3.48. The second-order valence-electron chi connectivity index (χ2n) is 5.26. The molecule has 0 spiro atoms. The lowest BCUT2D eigenvalue weighted by molar-refractivity contribution is 0.0949. The van der Waals surface area contributed by atoms with Gasteiger partial charge in [-0.3, -0.25) is 4.90 Å². The van der Waals surface area contributed by atoms with E-state index in [9.17, 15) is 0 Å². The maximum Gasteiger partial charge on any atom is 0.142 e. The van der Waals surface area contributed by atoms with Crippen LogP contribution in [0.15, 0.2) is 24.3 Å². The highest BCUT2D eigenvalue weighted by molar-refractivity contribution is 5.57. The van der Waals surface area contributed by atoms with Crippen molar-refractivity contribution in [3.63, 3.8) is 0 Å². The highest BCUT2D eigenvalue weighted by atomic mass is 16.5. The van der Waals surface area contributed by atoms with E-state index in [1.165, 1.54) is 0 Å². The van der Waals surface area contributed by atoms with Gasteiger partial charge in [-0.1, -0.05) is 12.1 Å². The highest BCUT2D eigenvalue weighted by Gasteiger charge is 2.21. The summed E-state index contributed by atoms with van der Waals surface area (Å²) in [6.45, 7) is 5.18. The topological polar surface area (TPSA) is 43.0 Å². The molecule has 2 rings (SSSR count). The van der Waals surface area contributed by atoms with Gasteiger partial charge < -0.3 is 19.5 Å². The van der Waals surface area contributed by atoms with Crippen LogP contribution in [0.1, 0.15) is 6.42 Å². The van der Waals surface area contributed by atoms with E-state index in [-0.39, 0.29) is 6.10 Å². The quantitative estimate of drug-likeness (QED) is 0.704. The van der Waals surface area contributed by atoms with Gasteiger partial charge in [-0.25, -0.2) is 0 Å². The molecular formula is C16H26N2O3. The van der Waals surface area contributed by atoms with Crippen LogP contribution < -0.4 is 10.1 Å². The van der Waals surface area contributed by atoms with Crippen molar-refractivity contribution in [1.82, 2.24) is 4.90 Å². The van der Waals surface area contributed by atoms with E-state index in [2.05, 4.69) is 10.2 Å². The first kappa shape index (κ1) is 16.1. The monoisotopic (exact) mass is 294 g/mol. The van der Waals surface area contributed by atoms with Gasteiger partial charge in [-0.2, -0.15) is 0 Å². The third kappa shape index (κ3) is 5.19. The molecule has 1 N–H and O–H groups in total. The van der Waals surface area contributed by atoms with Crippen molar-refractivity contribution in [1.29, 1.82) is 0 Å². The van der Waals surface area contributed by atoms with Crippen LogP contribution >= 0.6 is 0 Å². The van der Waals surface area contributed by atoms with Crippen molar-refractivity contribution in [2.45, 2.75) is 12.5 Å². The summed E-state index contributed by atoms with van der Waals surface area (Å²) in [5.74, 6) is 0.942. The molecule has 0 aliphatic carbocycles. The number of fused-ring (bicyclic) bond motifs is 1. The zero-order valence-corrected chi connectivity index (χ0v) is 13.0. The van der Waals surface area contributed by atoms with E-state index < -0.39 is 0 Å². The molecule has 5 heteroatoms. The normalized spacial score (nSPS) is 17.2. The third-order valence-corrected chi connectivity index (χ3v) is 3.60. The Balaban J connectivity index is 1.85. The summed E-state index contributed by atoms with van der Waals surface area (Å²) < 4.78 is 16.4. The lowest BCUT2D eigenvalue weighted by Gasteiger charge is -2.32. The predicted molar refractivity (Wildman–Crippen MR) is 84.2 cm³/mol. The van der Waals surface area contributed by atoms with Crippen LogP contribution in [0.2, 0.25) is 0 Å². The summed E-state index contributed by atoms with van der Waals surface area (Å²) in [6, 6.07) is 8.08. The highest BCUT2D eigenvalue weighted by Crippen LogP contribution is 2.28. The van der Waals surface area contributed by atoms with Gasteiger partial charge in [0.05, 0.1) is 18.8 Å². The minimum absolute atomic E-state index is 0.166. The molecule has 0 aromatic heterocycles. The number of methoxy groups -OCH3 is 2. The Morgan fingerprint density at radius 1 is 1.19 bits per heavy atom. The smallest absolute Gasteiger partial charge is 0.142 e. The molecule has 118 valence electrons. The number of hydrogen-bond acceptors (Lipinski definition) is 5. The molecule has 0 saturated heterocycles. The minimum atomic E-state index is 0.166. The van der Waals surface area contributed by atoms with Crippen LogP contribution in [0.25, 0.3) is 0 Å². The van der Waals surface area contributed by atoms with Crippen molar-refractivity contribution in [3.8, 4) is 5.75 Å². The SMILES string of the molecule is COCCCN(CCOC)CC1CNc2ccccc2O1. The van der Waals surface area contributed by atoms with Gasteiger partial charge in [-0.15, -0.1) is 0 Å². The second kappa shape index (κ2) is 8.87. The second-order valence-corrected chi connectivity index (χ2v) is 5.26. The number of rotatable bonds is 9. The zero-order chi connectivity index (χ0) is 14.9. The number of benzene rings is 1. The molecule has 1 aromatic rings. The van der Waals surface area contributed by atoms with Gasteiger partial charge in [0.15, 0.2) is 0 Å². The number of ether oxygens (including phenoxy) is 3. The molecular weight excluding hydrogens is 268 g/mol. The molecule has 1 aliphatic rings. The fourth-order valence-corrected chi connectivity index (χ4v) is 2.50. The largest absolute Gasteiger partial charge is 0.485 e. The van der Waals surface area contributed by atoms with E-state index in [0.29, 0.717) is 0 Å².